The summed E-state index contributed by atoms with van der Waals surface area (Å²) in [5.74, 6) is -0.126. The third-order valence-corrected chi connectivity index (χ3v) is 5.55. The Bertz CT molecular complexity index is 1150. The van der Waals surface area contributed by atoms with Crippen LogP contribution in [0.25, 0.3) is 22.3 Å². The summed E-state index contributed by atoms with van der Waals surface area (Å²) < 4.78 is 17.5. The minimum Gasteiger partial charge on any atom is -0.490 e. The van der Waals surface area contributed by atoms with Gasteiger partial charge in [-0.25, -0.2) is 0 Å². The molecule has 0 amide bonds. The largest absolute Gasteiger partial charge is 0.490 e. The average Bonchev–Trinajstić information content (AvgIpc) is 2.67. The monoisotopic (exact) mass is 428 g/mol. The molecule has 3 aromatic rings. The van der Waals surface area contributed by atoms with Crippen molar-refractivity contribution in [1.29, 1.82) is 0 Å². The molecule has 0 aliphatic heterocycles. The summed E-state index contributed by atoms with van der Waals surface area (Å²) in [4.78, 5) is 23.4. The molecule has 0 unspecified atom stereocenters. The number of carboxylic acids is 1. The van der Waals surface area contributed by atoms with Gasteiger partial charge in [-0.1, -0.05) is 23.7 Å². The van der Waals surface area contributed by atoms with E-state index >= 15 is 0 Å². The first-order valence-electron chi connectivity index (χ1n) is 9.73. The lowest BCUT2D eigenvalue weighted by Gasteiger charge is -2.32. The second-order valence-electron chi connectivity index (χ2n) is 7.44. The van der Waals surface area contributed by atoms with Gasteiger partial charge in [-0.15, -0.1) is 0 Å². The third-order valence-electron chi connectivity index (χ3n) is 5.25. The maximum atomic E-state index is 12.5. The van der Waals surface area contributed by atoms with Gasteiger partial charge in [0.05, 0.1) is 34.6 Å². The van der Waals surface area contributed by atoms with E-state index in [-0.39, 0.29) is 17.5 Å². The van der Waals surface area contributed by atoms with Gasteiger partial charge >= 0.3 is 5.97 Å². The van der Waals surface area contributed by atoms with Crippen molar-refractivity contribution in [3.05, 3.63) is 63.3 Å². The van der Waals surface area contributed by atoms with Crippen molar-refractivity contribution in [1.82, 2.24) is 0 Å². The van der Waals surface area contributed by atoms with E-state index in [0.717, 1.165) is 5.56 Å². The molecule has 30 heavy (non-hydrogen) atoms. The van der Waals surface area contributed by atoms with Crippen LogP contribution in [0.1, 0.15) is 18.4 Å². The lowest BCUT2D eigenvalue weighted by Crippen LogP contribution is -2.37. The summed E-state index contributed by atoms with van der Waals surface area (Å²) in [6, 6.07) is 12.1. The third kappa shape index (κ3) is 4.20. The molecule has 2 aromatic carbocycles. The molecule has 1 saturated carbocycles. The van der Waals surface area contributed by atoms with Crippen molar-refractivity contribution in [2.24, 2.45) is 5.92 Å². The Morgan fingerprint density at radius 1 is 1.20 bits per heavy atom. The fraction of sp³-hybridized carbons (Fsp3) is 0.304. The Labute approximate surface area is 178 Å². The molecular weight excluding hydrogens is 408 g/mol. The summed E-state index contributed by atoms with van der Waals surface area (Å²) in [5, 5.41) is 9.71. The summed E-state index contributed by atoms with van der Waals surface area (Å²) in [6.07, 6.45) is 1.04. The number of aliphatic carboxylic acids is 1. The number of aryl methyl sites for hydroxylation is 1. The van der Waals surface area contributed by atoms with Gasteiger partial charge in [-0.05, 0) is 49.6 Å². The number of para-hydroxylation sites is 1. The maximum Gasteiger partial charge on any atom is 0.306 e. The summed E-state index contributed by atoms with van der Waals surface area (Å²) in [6.45, 7) is 2.59. The molecule has 1 aliphatic carbocycles. The molecule has 1 aliphatic rings. The molecular formula is C23H21ClO6. The molecule has 7 heteroatoms. The standard InChI is InChI=1S/C23H21ClO6/c1-13-5-6-17(21-12-19(25)16-3-2-4-18(24)22(16)30-21)20(9-13)29-8-7-28-15-10-14(11-15)23(26)27/h2-6,9,12,14-15H,7-8,10-11H2,1H3,(H,26,27)/t14-,15-. The predicted octanol–water partition coefficient (Wildman–Crippen LogP) is 4.68. The molecule has 0 bridgehead atoms. The van der Waals surface area contributed by atoms with Crippen molar-refractivity contribution in [2.75, 3.05) is 13.2 Å². The number of hydrogen-bond acceptors (Lipinski definition) is 5. The van der Waals surface area contributed by atoms with Gasteiger partial charge in [0, 0.05) is 6.07 Å². The van der Waals surface area contributed by atoms with Crippen LogP contribution in [-0.4, -0.2) is 30.4 Å². The van der Waals surface area contributed by atoms with Gasteiger partial charge in [0.1, 0.15) is 18.1 Å². The number of rotatable bonds is 7. The Morgan fingerprint density at radius 3 is 2.77 bits per heavy atom. The van der Waals surface area contributed by atoms with Crippen LogP contribution in [0.2, 0.25) is 5.02 Å². The highest BCUT2D eigenvalue weighted by molar-refractivity contribution is 6.34. The molecule has 0 spiro atoms. The number of fused-ring (bicyclic) bond motifs is 1. The van der Waals surface area contributed by atoms with Gasteiger partial charge < -0.3 is 19.0 Å². The van der Waals surface area contributed by atoms with E-state index < -0.39 is 5.97 Å². The number of hydrogen-bond donors (Lipinski definition) is 1. The van der Waals surface area contributed by atoms with E-state index in [9.17, 15) is 9.59 Å². The van der Waals surface area contributed by atoms with E-state index in [1.807, 2.05) is 25.1 Å². The molecule has 6 nitrogen and oxygen atoms in total. The predicted molar refractivity (Wildman–Crippen MR) is 113 cm³/mol. The normalized spacial score (nSPS) is 18.2. The van der Waals surface area contributed by atoms with E-state index in [1.54, 1.807) is 18.2 Å². The highest BCUT2D eigenvalue weighted by atomic mass is 35.5. The van der Waals surface area contributed by atoms with E-state index in [1.165, 1.54) is 6.07 Å². The molecule has 0 saturated heterocycles. The van der Waals surface area contributed by atoms with E-state index in [2.05, 4.69) is 0 Å². The van der Waals surface area contributed by atoms with Gasteiger partial charge in [-0.3, -0.25) is 9.59 Å². The first-order valence-corrected chi connectivity index (χ1v) is 10.1. The first kappa shape index (κ1) is 20.4. The molecule has 1 fully saturated rings. The van der Waals surface area contributed by atoms with Crippen LogP contribution in [0.5, 0.6) is 5.75 Å². The number of benzene rings is 2. The van der Waals surface area contributed by atoms with Crippen LogP contribution in [0.3, 0.4) is 0 Å². The maximum absolute atomic E-state index is 12.5. The number of carbonyl (C=O) groups is 1. The summed E-state index contributed by atoms with van der Waals surface area (Å²) in [7, 11) is 0. The zero-order chi connectivity index (χ0) is 21.3. The van der Waals surface area contributed by atoms with Crippen molar-refractivity contribution in [2.45, 2.75) is 25.9 Å². The van der Waals surface area contributed by atoms with Crippen LogP contribution < -0.4 is 10.2 Å². The zero-order valence-corrected chi connectivity index (χ0v) is 17.1. The SMILES string of the molecule is Cc1ccc(-c2cc(=O)c3cccc(Cl)c3o2)c(OCCO[C@H]2C[C@H](C(=O)O)C2)c1. The van der Waals surface area contributed by atoms with Crippen LogP contribution in [0.4, 0.5) is 0 Å². The quantitative estimate of drug-likeness (QED) is 0.550. The summed E-state index contributed by atoms with van der Waals surface area (Å²) in [5.41, 5.74) is 1.81. The van der Waals surface area contributed by atoms with Crippen LogP contribution >= 0.6 is 11.6 Å². The zero-order valence-electron chi connectivity index (χ0n) is 16.4. The van der Waals surface area contributed by atoms with Crippen molar-refractivity contribution >= 4 is 28.5 Å². The molecule has 156 valence electrons. The molecule has 1 N–H and O–H groups in total. The van der Waals surface area contributed by atoms with Crippen molar-refractivity contribution < 1.29 is 23.8 Å². The Hall–Kier alpha value is -2.83. The highest BCUT2D eigenvalue weighted by Gasteiger charge is 2.34. The van der Waals surface area contributed by atoms with Gasteiger partial charge in [-0.2, -0.15) is 0 Å². The Kier molecular flexibility index (Phi) is 5.79. The fourth-order valence-corrected chi connectivity index (χ4v) is 3.71. The molecule has 1 aromatic heterocycles. The van der Waals surface area contributed by atoms with E-state index in [4.69, 9.17) is 30.6 Å². The number of carboxylic acid groups (broad SMARTS) is 1. The molecule has 0 radical (unpaired) electrons. The number of ether oxygens (including phenoxy) is 2. The van der Waals surface area contributed by atoms with Crippen LogP contribution in [0, 0.1) is 12.8 Å². The fourth-order valence-electron chi connectivity index (χ4n) is 3.50. The Morgan fingerprint density at radius 2 is 2.00 bits per heavy atom. The second kappa shape index (κ2) is 8.50. The molecule has 1 heterocycles. The second-order valence-corrected chi connectivity index (χ2v) is 7.85. The molecule has 0 atom stereocenters. The van der Waals surface area contributed by atoms with Gasteiger partial charge in [0.15, 0.2) is 11.0 Å². The first-order chi connectivity index (χ1) is 14.4. The minimum absolute atomic E-state index is 0.0349. The van der Waals surface area contributed by atoms with E-state index in [0.29, 0.717) is 59.1 Å². The topological polar surface area (TPSA) is 86.0 Å². The minimum atomic E-state index is -0.771. The highest BCUT2D eigenvalue weighted by Crippen LogP contribution is 2.34. The average molecular weight is 429 g/mol. The smallest absolute Gasteiger partial charge is 0.306 e. The number of halogens is 1. The summed E-state index contributed by atoms with van der Waals surface area (Å²) >= 11 is 6.22. The molecule has 4 rings (SSSR count). The van der Waals surface area contributed by atoms with Crippen LogP contribution in [0.15, 0.2) is 51.7 Å². The van der Waals surface area contributed by atoms with Gasteiger partial charge in [0.2, 0.25) is 0 Å². The van der Waals surface area contributed by atoms with Gasteiger partial charge in [0.25, 0.3) is 0 Å². The lowest BCUT2D eigenvalue weighted by molar-refractivity contribution is -0.151. The lowest BCUT2D eigenvalue weighted by atomic mass is 9.82. The van der Waals surface area contributed by atoms with Crippen molar-refractivity contribution in [3.8, 4) is 17.1 Å². The van der Waals surface area contributed by atoms with Crippen molar-refractivity contribution in [3.63, 3.8) is 0 Å². The van der Waals surface area contributed by atoms with Crippen LogP contribution in [-0.2, 0) is 9.53 Å². The Balaban J connectivity index is 1.50.